The highest BCUT2D eigenvalue weighted by molar-refractivity contribution is 4.70. The van der Waals surface area contributed by atoms with E-state index in [9.17, 15) is 13.2 Å². The predicted octanol–water partition coefficient (Wildman–Crippen LogP) is 3.01. The van der Waals surface area contributed by atoms with Crippen molar-refractivity contribution in [2.24, 2.45) is 5.73 Å². The van der Waals surface area contributed by atoms with E-state index in [1.807, 2.05) is 0 Å². The molecule has 4 heteroatoms. The van der Waals surface area contributed by atoms with Crippen molar-refractivity contribution in [3.8, 4) is 0 Å². The first-order valence-corrected chi connectivity index (χ1v) is 4.39. The van der Waals surface area contributed by atoms with Gasteiger partial charge in [0.05, 0.1) is 0 Å². The van der Waals surface area contributed by atoms with Gasteiger partial charge in [0, 0.05) is 12.5 Å². The molecule has 0 saturated heterocycles. The summed E-state index contributed by atoms with van der Waals surface area (Å²) in [6.45, 7) is 3.52. The van der Waals surface area contributed by atoms with E-state index in [0.29, 0.717) is 6.42 Å². The molecule has 2 N–H and O–H groups in total. The van der Waals surface area contributed by atoms with Gasteiger partial charge in [0.2, 0.25) is 0 Å². The molecule has 0 aromatic carbocycles. The highest BCUT2D eigenvalue weighted by atomic mass is 19.4. The predicted molar refractivity (Wildman–Crippen MR) is 47.3 cm³/mol. The van der Waals surface area contributed by atoms with Gasteiger partial charge in [0.1, 0.15) is 0 Å². The molecule has 0 saturated carbocycles. The van der Waals surface area contributed by atoms with E-state index in [0.717, 1.165) is 12.8 Å². The number of unbranched alkanes of at least 4 members (excludes halogenated alkanes) is 1. The first kappa shape index (κ1) is 12.5. The number of rotatable bonds is 6. The number of hydrogen-bond donors (Lipinski definition) is 1. The van der Waals surface area contributed by atoms with Crippen molar-refractivity contribution >= 4 is 0 Å². The van der Waals surface area contributed by atoms with Gasteiger partial charge in [-0.1, -0.05) is 6.08 Å². The number of allylic oxidation sites excluding steroid dienone is 1. The Kier molecular flexibility index (Phi) is 5.79. The quantitative estimate of drug-likeness (QED) is 0.511. The molecule has 1 atom stereocenters. The van der Waals surface area contributed by atoms with Gasteiger partial charge in [-0.25, -0.2) is 0 Å². The zero-order valence-corrected chi connectivity index (χ0v) is 7.61. The summed E-state index contributed by atoms with van der Waals surface area (Å²) >= 11 is 0. The summed E-state index contributed by atoms with van der Waals surface area (Å²) < 4.78 is 35.2. The number of alkyl halides is 3. The van der Waals surface area contributed by atoms with Crippen LogP contribution in [0.15, 0.2) is 12.7 Å². The fourth-order valence-corrected chi connectivity index (χ4v) is 1.02. The van der Waals surface area contributed by atoms with Crippen molar-refractivity contribution in [2.45, 2.75) is 44.3 Å². The summed E-state index contributed by atoms with van der Waals surface area (Å²) in [4.78, 5) is 0. The zero-order chi connectivity index (χ0) is 10.3. The van der Waals surface area contributed by atoms with Gasteiger partial charge in [-0.15, -0.1) is 6.58 Å². The van der Waals surface area contributed by atoms with Gasteiger partial charge in [0.25, 0.3) is 0 Å². The van der Waals surface area contributed by atoms with Crippen molar-refractivity contribution in [3.63, 3.8) is 0 Å². The average molecular weight is 195 g/mol. The summed E-state index contributed by atoms with van der Waals surface area (Å²) in [6, 6.07) is -0.332. The van der Waals surface area contributed by atoms with Crippen LogP contribution in [0.25, 0.3) is 0 Å². The third kappa shape index (κ3) is 9.40. The highest BCUT2D eigenvalue weighted by Gasteiger charge is 2.27. The SMILES string of the molecule is C=CCCCC(N)CCC(F)(F)F. The van der Waals surface area contributed by atoms with Crippen molar-refractivity contribution in [1.82, 2.24) is 0 Å². The molecule has 1 nitrogen and oxygen atoms in total. The Bertz CT molecular complexity index is 142. The van der Waals surface area contributed by atoms with E-state index >= 15 is 0 Å². The molecule has 0 fully saturated rings. The van der Waals surface area contributed by atoms with Crippen molar-refractivity contribution in [1.29, 1.82) is 0 Å². The Morgan fingerprint density at radius 1 is 1.31 bits per heavy atom. The lowest BCUT2D eigenvalue weighted by Gasteiger charge is -2.12. The van der Waals surface area contributed by atoms with Crippen LogP contribution in [0.2, 0.25) is 0 Å². The van der Waals surface area contributed by atoms with Crippen LogP contribution < -0.4 is 5.73 Å². The van der Waals surface area contributed by atoms with Crippen molar-refractivity contribution < 1.29 is 13.2 Å². The second kappa shape index (κ2) is 6.02. The molecule has 1 unspecified atom stereocenters. The Morgan fingerprint density at radius 2 is 1.92 bits per heavy atom. The largest absolute Gasteiger partial charge is 0.389 e. The summed E-state index contributed by atoms with van der Waals surface area (Å²) in [5.74, 6) is 0. The molecule has 13 heavy (non-hydrogen) atoms. The third-order valence-corrected chi connectivity index (χ3v) is 1.78. The lowest BCUT2D eigenvalue weighted by molar-refractivity contribution is -0.136. The van der Waals surface area contributed by atoms with E-state index in [4.69, 9.17) is 5.73 Å². The Morgan fingerprint density at radius 3 is 2.38 bits per heavy atom. The van der Waals surface area contributed by atoms with Crippen LogP contribution in [0.5, 0.6) is 0 Å². The third-order valence-electron chi connectivity index (χ3n) is 1.78. The van der Waals surface area contributed by atoms with E-state index in [-0.39, 0.29) is 12.5 Å². The highest BCUT2D eigenvalue weighted by Crippen LogP contribution is 2.22. The maximum Gasteiger partial charge on any atom is 0.389 e. The zero-order valence-electron chi connectivity index (χ0n) is 7.61. The molecule has 0 radical (unpaired) electrons. The van der Waals surface area contributed by atoms with Gasteiger partial charge >= 0.3 is 6.18 Å². The number of nitrogens with two attached hydrogens (primary N) is 1. The van der Waals surface area contributed by atoms with E-state index < -0.39 is 12.6 Å². The molecule has 78 valence electrons. The summed E-state index contributed by atoms with van der Waals surface area (Å²) in [6.07, 6.45) is -0.792. The molecule has 0 aliphatic carbocycles. The van der Waals surface area contributed by atoms with Gasteiger partial charge in [-0.3, -0.25) is 0 Å². The van der Waals surface area contributed by atoms with E-state index in [2.05, 4.69) is 6.58 Å². The second-order valence-corrected chi connectivity index (χ2v) is 3.13. The van der Waals surface area contributed by atoms with Crippen molar-refractivity contribution in [2.75, 3.05) is 0 Å². The van der Waals surface area contributed by atoms with Crippen LogP contribution in [-0.4, -0.2) is 12.2 Å². The number of hydrogen-bond acceptors (Lipinski definition) is 1. The Labute approximate surface area is 76.8 Å². The standard InChI is InChI=1S/C9H16F3N/c1-2-3-4-5-8(13)6-7-9(10,11)12/h2,8H,1,3-7,13H2. The molecular formula is C9H16F3N. The Hall–Kier alpha value is -0.510. The van der Waals surface area contributed by atoms with Crippen LogP contribution in [-0.2, 0) is 0 Å². The average Bonchev–Trinajstić information content (AvgIpc) is 2.00. The fraction of sp³-hybridized carbons (Fsp3) is 0.778. The summed E-state index contributed by atoms with van der Waals surface area (Å²) in [7, 11) is 0. The van der Waals surface area contributed by atoms with E-state index in [1.165, 1.54) is 0 Å². The van der Waals surface area contributed by atoms with Gasteiger partial charge in [-0.2, -0.15) is 13.2 Å². The lowest BCUT2D eigenvalue weighted by atomic mass is 10.1. The summed E-state index contributed by atoms with van der Waals surface area (Å²) in [5.41, 5.74) is 5.49. The van der Waals surface area contributed by atoms with Crippen LogP contribution in [0, 0.1) is 0 Å². The second-order valence-electron chi connectivity index (χ2n) is 3.13. The maximum atomic E-state index is 11.7. The minimum absolute atomic E-state index is 0.0284. The molecule has 0 aliphatic rings. The maximum absolute atomic E-state index is 11.7. The van der Waals surface area contributed by atoms with Gasteiger partial charge in [0.15, 0.2) is 0 Å². The molecular weight excluding hydrogens is 179 g/mol. The first-order chi connectivity index (χ1) is 5.95. The van der Waals surface area contributed by atoms with E-state index in [1.54, 1.807) is 6.08 Å². The number of halogens is 3. The first-order valence-electron chi connectivity index (χ1n) is 4.39. The Balaban J connectivity index is 3.40. The topological polar surface area (TPSA) is 26.0 Å². The molecule has 0 bridgehead atoms. The van der Waals surface area contributed by atoms with Crippen molar-refractivity contribution in [3.05, 3.63) is 12.7 Å². The van der Waals surface area contributed by atoms with Crippen LogP contribution in [0.4, 0.5) is 13.2 Å². The molecule has 0 aromatic rings. The normalized spacial score (nSPS) is 14.2. The molecule has 0 aliphatic heterocycles. The van der Waals surface area contributed by atoms with Crippen LogP contribution in [0.1, 0.15) is 32.1 Å². The molecule has 0 spiro atoms. The summed E-state index contributed by atoms with van der Waals surface area (Å²) in [5, 5.41) is 0. The molecule has 0 heterocycles. The molecule has 0 rings (SSSR count). The smallest absolute Gasteiger partial charge is 0.328 e. The minimum atomic E-state index is -4.07. The fourth-order valence-electron chi connectivity index (χ4n) is 1.02. The lowest BCUT2D eigenvalue weighted by Crippen LogP contribution is -2.22. The molecule has 0 amide bonds. The van der Waals surface area contributed by atoms with Gasteiger partial charge < -0.3 is 5.73 Å². The van der Waals surface area contributed by atoms with Crippen LogP contribution >= 0.6 is 0 Å². The van der Waals surface area contributed by atoms with Gasteiger partial charge in [-0.05, 0) is 25.7 Å². The minimum Gasteiger partial charge on any atom is -0.328 e. The van der Waals surface area contributed by atoms with Crippen LogP contribution in [0.3, 0.4) is 0 Å². The monoisotopic (exact) mass is 195 g/mol. The molecule has 0 aromatic heterocycles.